The van der Waals surface area contributed by atoms with Gasteiger partial charge in [-0.2, -0.15) is 0 Å². The molecule has 0 aliphatic carbocycles. The van der Waals surface area contributed by atoms with Gasteiger partial charge in [0.25, 0.3) is 5.91 Å². The third-order valence-corrected chi connectivity index (χ3v) is 5.43. The highest BCUT2D eigenvalue weighted by molar-refractivity contribution is 6.11. The van der Waals surface area contributed by atoms with E-state index in [0.717, 1.165) is 4.90 Å². The fourth-order valence-corrected chi connectivity index (χ4v) is 3.70. The number of amides is 4. The van der Waals surface area contributed by atoms with E-state index in [4.69, 9.17) is 0 Å². The fourth-order valence-electron chi connectivity index (χ4n) is 3.70. The average Bonchev–Trinajstić information content (AvgIpc) is 2.99. The predicted octanol–water partition coefficient (Wildman–Crippen LogP) is 3.85. The average molecular weight is 439 g/mol. The number of anilines is 1. The Morgan fingerprint density at radius 2 is 1.69 bits per heavy atom. The van der Waals surface area contributed by atoms with Crippen molar-refractivity contribution in [1.82, 2.24) is 10.2 Å². The molecule has 1 aliphatic rings. The van der Waals surface area contributed by atoms with Gasteiger partial charge in [0.05, 0.1) is 6.54 Å². The molecule has 1 atom stereocenters. The molecule has 2 N–H and O–H groups in total. The summed E-state index contributed by atoms with van der Waals surface area (Å²) in [6.45, 7) is 5.20. The van der Waals surface area contributed by atoms with E-state index in [2.05, 4.69) is 10.6 Å². The molecule has 7 nitrogen and oxygen atoms in total. The Balaban J connectivity index is 1.72. The van der Waals surface area contributed by atoms with E-state index in [0.29, 0.717) is 23.2 Å². The summed E-state index contributed by atoms with van der Waals surface area (Å²) in [5.41, 5.74) is -0.0155. The molecule has 8 heteroatoms. The van der Waals surface area contributed by atoms with E-state index < -0.39 is 35.6 Å². The Kier molecular flexibility index (Phi) is 6.72. The monoisotopic (exact) mass is 439 g/mol. The van der Waals surface area contributed by atoms with Gasteiger partial charge >= 0.3 is 6.03 Å². The predicted molar refractivity (Wildman–Crippen MR) is 117 cm³/mol. The van der Waals surface area contributed by atoms with Crippen molar-refractivity contribution in [2.75, 3.05) is 11.9 Å². The number of urea groups is 1. The van der Waals surface area contributed by atoms with Gasteiger partial charge in [0.1, 0.15) is 11.4 Å². The van der Waals surface area contributed by atoms with Gasteiger partial charge in [0.15, 0.2) is 5.78 Å². The molecule has 0 bridgehead atoms. The van der Waals surface area contributed by atoms with Crippen LogP contribution < -0.4 is 10.6 Å². The van der Waals surface area contributed by atoms with Crippen molar-refractivity contribution >= 4 is 29.3 Å². The maximum atomic E-state index is 13.3. The van der Waals surface area contributed by atoms with E-state index in [1.165, 1.54) is 24.3 Å². The third-order valence-electron chi connectivity index (χ3n) is 5.43. The number of nitrogens with one attached hydrogen (secondary N) is 2. The molecule has 0 aromatic heterocycles. The van der Waals surface area contributed by atoms with E-state index in [1.54, 1.807) is 31.2 Å². The summed E-state index contributed by atoms with van der Waals surface area (Å²) in [4.78, 5) is 51.2. The number of Topliss-reactive ketones (excluding diaryl/α,β-unsaturated/α-hetero) is 1. The Hall–Kier alpha value is -3.55. The van der Waals surface area contributed by atoms with E-state index in [-0.39, 0.29) is 18.2 Å². The zero-order valence-corrected chi connectivity index (χ0v) is 18.3. The number of imide groups is 1. The van der Waals surface area contributed by atoms with Crippen molar-refractivity contribution in [3.05, 3.63) is 65.5 Å². The molecule has 0 spiro atoms. The van der Waals surface area contributed by atoms with Crippen molar-refractivity contribution in [3.63, 3.8) is 0 Å². The molecule has 32 heavy (non-hydrogen) atoms. The number of carbonyl (C=O) groups excluding carboxylic acids is 4. The first-order valence-corrected chi connectivity index (χ1v) is 10.5. The summed E-state index contributed by atoms with van der Waals surface area (Å²) in [7, 11) is 0. The molecule has 0 unspecified atom stereocenters. The standard InChI is InChI=1S/C24H26FN3O4/c1-4-24(17-7-9-18(25)10-8-17)22(31)28(23(32)27-24)14-20(29)16-5-11-19(12-6-16)26-21(30)13-15(2)3/h5-12,15H,4,13-14H2,1-3H3,(H,26,30)(H,27,32)/t24-/m1/s1. The molecular weight excluding hydrogens is 413 g/mol. The molecule has 4 amide bonds. The minimum absolute atomic E-state index is 0.116. The molecule has 2 aromatic carbocycles. The van der Waals surface area contributed by atoms with E-state index in [9.17, 15) is 23.6 Å². The molecule has 0 saturated carbocycles. The highest BCUT2D eigenvalue weighted by atomic mass is 19.1. The van der Waals surface area contributed by atoms with Crippen LogP contribution in [-0.4, -0.2) is 35.1 Å². The smallest absolute Gasteiger partial charge is 0.325 e. The molecule has 2 aromatic rings. The van der Waals surface area contributed by atoms with Crippen LogP contribution in [0.3, 0.4) is 0 Å². The first-order chi connectivity index (χ1) is 15.2. The van der Waals surface area contributed by atoms with Crippen LogP contribution in [0.5, 0.6) is 0 Å². The summed E-state index contributed by atoms with van der Waals surface area (Å²) < 4.78 is 13.3. The van der Waals surface area contributed by atoms with E-state index >= 15 is 0 Å². The normalized spacial score (nSPS) is 18.1. The first kappa shape index (κ1) is 23.1. The van der Waals surface area contributed by atoms with Crippen LogP contribution >= 0.6 is 0 Å². The molecule has 168 valence electrons. The first-order valence-electron chi connectivity index (χ1n) is 10.5. The summed E-state index contributed by atoms with van der Waals surface area (Å²) >= 11 is 0. The van der Waals surface area contributed by atoms with Gasteiger partial charge in [0, 0.05) is 17.7 Å². The molecular formula is C24H26FN3O4. The van der Waals surface area contributed by atoms with Gasteiger partial charge in [-0.1, -0.05) is 32.9 Å². The SMILES string of the molecule is CC[C@]1(c2ccc(F)cc2)NC(=O)N(CC(=O)c2ccc(NC(=O)CC(C)C)cc2)C1=O. The number of benzene rings is 2. The molecule has 1 fully saturated rings. The van der Waals surface area contributed by atoms with Crippen molar-refractivity contribution in [3.8, 4) is 0 Å². The van der Waals surface area contributed by atoms with E-state index in [1.807, 2.05) is 13.8 Å². The number of ketones is 1. The van der Waals surface area contributed by atoms with Crippen LogP contribution in [-0.2, 0) is 15.1 Å². The van der Waals surface area contributed by atoms with Gasteiger partial charge < -0.3 is 10.6 Å². The fraction of sp³-hybridized carbons (Fsp3) is 0.333. The molecule has 0 radical (unpaired) electrons. The highest BCUT2D eigenvalue weighted by Gasteiger charge is 2.51. The second-order valence-electron chi connectivity index (χ2n) is 8.23. The van der Waals surface area contributed by atoms with Crippen LogP contribution in [0.25, 0.3) is 0 Å². The summed E-state index contributed by atoms with van der Waals surface area (Å²) in [5, 5.41) is 5.43. The molecule has 1 aliphatic heterocycles. The van der Waals surface area contributed by atoms with Crippen molar-refractivity contribution in [2.24, 2.45) is 5.92 Å². The zero-order chi connectivity index (χ0) is 23.5. The van der Waals surface area contributed by atoms with Crippen LogP contribution in [0.15, 0.2) is 48.5 Å². The second kappa shape index (κ2) is 9.30. The van der Waals surface area contributed by atoms with Crippen LogP contribution in [0.1, 0.15) is 49.5 Å². The minimum Gasteiger partial charge on any atom is -0.326 e. The van der Waals surface area contributed by atoms with Crippen molar-refractivity contribution in [1.29, 1.82) is 0 Å². The minimum atomic E-state index is -1.34. The lowest BCUT2D eigenvalue weighted by atomic mass is 9.87. The maximum Gasteiger partial charge on any atom is 0.325 e. The summed E-state index contributed by atoms with van der Waals surface area (Å²) in [6, 6.07) is 11.0. The van der Waals surface area contributed by atoms with Gasteiger partial charge in [-0.25, -0.2) is 9.18 Å². The Bertz CT molecular complexity index is 1030. The largest absolute Gasteiger partial charge is 0.326 e. The molecule has 1 saturated heterocycles. The zero-order valence-electron chi connectivity index (χ0n) is 18.3. The number of halogens is 1. The number of rotatable bonds is 8. The number of hydrogen-bond donors (Lipinski definition) is 2. The Morgan fingerprint density at radius 3 is 2.25 bits per heavy atom. The quantitative estimate of drug-likeness (QED) is 0.482. The van der Waals surface area contributed by atoms with Crippen molar-refractivity contribution in [2.45, 2.75) is 39.2 Å². The van der Waals surface area contributed by atoms with Gasteiger partial charge in [-0.3, -0.25) is 19.3 Å². The van der Waals surface area contributed by atoms with Gasteiger partial charge in [-0.15, -0.1) is 0 Å². The lowest BCUT2D eigenvalue weighted by molar-refractivity contribution is -0.131. The number of carbonyl (C=O) groups is 4. The second-order valence-corrected chi connectivity index (χ2v) is 8.23. The van der Waals surface area contributed by atoms with Crippen LogP contribution in [0.2, 0.25) is 0 Å². The maximum absolute atomic E-state index is 13.3. The highest BCUT2D eigenvalue weighted by Crippen LogP contribution is 2.32. The summed E-state index contributed by atoms with van der Waals surface area (Å²) in [5.74, 6) is -1.31. The van der Waals surface area contributed by atoms with Crippen LogP contribution in [0.4, 0.5) is 14.9 Å². The number of nitrogens with zero attached hydrogens (tertiary/aromatic N) is 1. The van der Waals surface area contributed by atoms with Crippen LogP contribution in [0, 0.1) is 11.7 Å². The third kappa shape index (κ3) is 4.69. The Morgan fingerprint density at radius 1 is 1.06 bits per heavy atom. The van der Waals surface area contributed by atoms with Gasteiger partial charge in [-0.05, 0) is 54.3 Å². The van der Waals surface area contributed by atoms with Crippen molar-refractivity contribution < 1.29 is 23.6 Å². The lowest BCUT2D eigenvalue weighted by Crippen LogP contribution is -2.43. The topological polar surface area (TPSA) is 95.6 Å². The van der Waals surface area contributed by atoms with Gasteiger partial charge in [0.2, 0.25) is 5.91 Å². The number of hydrogen-bond acceptors (Lipinski definition) is 4. The Labute approximate surface area is 186 Å². The molecule has 3 rings (SSSR count). The molecule has 1 heterocycles. The lowest BCUT2D eigenvalue weighted by Gasteiger charge is -2.25. The summed E-state index contributed by atoms with van der Waals surface area (Å²) in [6.07, 6.45) is 0.638.